The van der Waals surface area contributed by atoms with Crippen LogP contribution < -0.4 is 5.73 Å². The van der Waals surface area contributed by atoms with Crippen molar-refractivity contribution in [3.63, 3.8) is 0 Å². The van der Waals surface area contributed by atoms with Crippen molar-refractivity contribution in [3.05, 3.63) is 29.3 Å². The number of rotatable bonds is 2. The highest BCUT2D eigenvalue weighted by molar-refractivity contribution is 5.45. The molecule has 0 radical (unpaired) electrons. The van der Waals surface area contributed by atoms with Gasteiger partial charge >= 0.3 is 0 Å². The number of nitrogen functional groups attached to an aromatic ring is 1. The highest BCUT2D eigenvalue weighted by atomic mass is 19.1. The van der Waals surface area contributed by atoms with Gasteiger partial charge in [0.2, 0.25) is 0 Å². The van der Waals surface area contributed by atoms with E-state index in [1.807, 2.05) is 6.07 Å². The van der Waals surface area contributed by atoms with Gasteiger partial charge in [0.05, 0.1) is 0 Å². The monoisotopic (exact) mass is 236 g/mol. The summed E-state index contributed by atoms with van der Waals surface area (Å²) < 4.78 is 13.6. The van der Waals surface area contributed by atoms with Gasteiger partial charge in [0.25, 0.3) is 0 Å². The number of halogens is 1. The van der Waals surface area contributed by atoms with E-state index in [4.69, 9.17) is 5.73 Å². The van der Waals surface area contributed by atoms with Crippen LogP contribution in [-0.2, 0) is 12.8 Å². The minimum Gasteiger partial charge on any atom is -0.399 e. The smallest absolute Gasteiger partial charge is 0.118 e. The lowest BCUT2D eigenvalue weighted by molar-refractivity contribution is 0.129. The Balaban J connectivity index is 2.06. The molecular formula is C14H21FN2. The number of alkyl halides is 1. The molecule has 1 aliphatic rings. The second kappa shape index (κ2) is 4.65. The molecule has 3 heteroatoms. The average Bonchev–Trinajstić information content (AvgIpc) is 2.39. The molecule has 1 aromatic rings. The maximum Gasteiger partial charge on any atom is 0.118 e. The van der Waals surface area contributed by atoms with E-state index in [-0.39, 0.29) is 0 Å². The van der Waals surface area contributed by atoms with Crippen molar-refractivity contribution < 1.29 is 4.39 Å². The van der Waals surface area contributed by atoms with Gasteiger partial charge in [-0.3, -0.25) is 4.90 Å². The lowest BCUT2D eigenvalue weighted by atomic mass is 10.0. The van der Waals surface area contributed by atoms with Crippen LogP contribution in [0.2, 0.25) is 0 Å². The van der Waals surface area contributed by atoms with E-state index >= 15 is 0 Å². The molecule has 1 heterocycles. The summed E-state index contributed by atoms with van der Waals surface area (Å²) in [5.41, 5.74) is 8.19. The van der Waals surface area contributed by atoms with Crippen molar-refractivity contribution in [1.82, 2.24) is 4.90 Å². The van der Waals surface area contributed by atoms with Gasteiger partial charge in [-0.25, -0.2) is 4.39 Å². The number of hydrogen-bond donors (Lipinski definition) is 1. The van der Waals surface area contributed by atoms with Crippen molar-refractivity contribution in [2.75, 3.05) is 25.4 Å². The Morgan fingerprint density at radius 1 is 1.24 bits per heavy atom. The molecule has 0 aromatic heterocycles. The summed E-state index contributed by atoms with van der Waals surface area (Å²) in [6.45, 7) is 5.65. The van der Waals surface area contributed by atoms with Crippen LogP contribution in [0.25, 0.3) is 0 Å². The van der Waals surface area contributed by atoms with E-state index in [1.165, 1.54) is 11.1 Å². The van der Waals surface area contributed by atoms with Crippen molar-refractivity contribution in [2.24, 2.45) is 0 Å². The molecule has 0 saturated heterocycles. The zero-order valence-electron chi connectivity index (χ0n) is 10.7. The topological polar surface area (TPSA) is 29.3 Å². The van der Waals surface area contributed by atoms with Gasteiger partial charge in [0.1, 0.15) is 5.67 Å². The van der Waals surface area contributed by atoms with Crippen LogP contribution in [0, 0.1) is 0 Å². The van der Waals surface area contributed by atoms with Crippen LogP contribution in [0.15, 0.2) is 18.2 Å². The number of anilines is 1. The van der Waals surface area contributed by atoms with Crippen LogP contribution in [0.5, 0.6) is 0 Å². The third kappa shape index (κ3) is 3.43. The predicted octanol–water partition coefficient (Wildman–Crippen LogP) is 2.42. The van der Waals surface area contributed by atoms with Crippen LogP contribution in [0.4, 0.5) is 10.1 Å². The summed E-state index contributed by atoms with van der Waals surface area (Å²) in [7, 11) is 0. The molecule has 0 amide bonds. The first kappa shape index (κ1) is 12.4. The van der Waals surface area contributed by atoms with Crippen molar-refractivity contribution in [2.45, 2.75) is 32.4 Å². The Kier molecular flexibility index (Phi) is 3.38. The largest absolute Gasteiger partial charge is 0.399 e. The summed E-state index contributed by atoms with van der Waals surface area (Å²) in [4.78, 5) is 2.20. The van der Waals surface area contributed by atoms with Crippen molar-refractivity contribution in [3.8, 4) is 0 Å². The summed E-state index contributed by atoms with van der Waals surface area (Å²) in [6, 6.07) is 6.11. The average molecular weight is 236 g/mol. The molecule has 1 aliphatic heterocycles. The maximum absolute atomic E-state index is 13.6. The SMILES string of the molecule is CC(C)(F)CN1CCc2ccc(N)cc2CC1. The second-order valence-corrected chi connectivity index (χ2v) is 5.52. The van der Waals surface area contributed by atoms with E-state index in [9.17, 15) is 4.39 Å². The predicted molar refractivity (Wildman–Crippen MR) is 69.9 cm³/mol. The van der Waals surface area contributed by atoms with Gasteiger partial charge in [-0.15, -0.1) is 0 Å². The lowest BCUT2D eigenvalue weighted by Crippen LogP contribution is -2.37. The van der Waals surface area contributed by atoms with E-state index in [0.717, 1.165) is 31.6 Å². The number of fused-ring (bicyclic) bond motifs is 1. The zero-order valence-corrected chi connectivity index (χ0v) is 10.7. The standard InChI is InChI=1S/C14H21FN2/c1-14(2,15)10-17-7-5-11-3-4-13(16)9-12(11)6-8-17/h3-4,9H,5-8,10,16H2,1-2H3. The zero-order chi connectivity index (χ0) is 12.5. The van der Waals surface area contributed by atoms with Crippen molar-refractivity contribution in [1.29, 1.82) is 0 Å². The fourth-order valence-corrected chi connectivity index (χ4v) is 2.48. The molecule has 0 unspecified atom stereocenters. The van der Waals surface area contributed by atoms with Crippen LogP contribution in [-0.4, -0.2) is 30.2 Å². The molecule has 17 heavy (non-hydrogen) atoms. The number of nitrogens with zero attached hydrogens (tertiary/aromatic N) is 1. The second-order valence-electron chi connectivity index (χ2n) is 5.52. The Bertz CT molecular complexity index is 396. The molecular weight excluding hydrogens is 215 g/mol. The lowest BCUT2D eigenvalue weighted by Gasteiger charge is -2.25. The first-order valence-corrected chi connectivity index (χ1v) is 6.23. The van der Waals surface area contributed by atoms with E-state index in [0.29, 0.717) is 6.54 Å². The highest BCUT2D eigenvalue weighted by Crippen LogP contribution is 2.20. The Morgan fingerprint density at radius 2 is 1.88 bits per heavy atom. The third-order valence-electron chi connectivity index (χ3n) is 3.22. The Hall–Kier alpha value is -1.09. The van der Waals surface area contributed by atoms with Gasteiger partial charge in [-0.05, 0) is 49.9 Å². The molecule has 2 rings (SSSR count). The van der Waals surface area contributed by atoms with Gasteiger partial charge in [0.15, 0.2) is 0 Å². The summed E-state index contributed by atoms with van der Waals surface area (Å²) >= 11 is 0. The van der Waals surface area contributed by atoms with Crippen LogP contribution in [0.3, 0.4) is 0 Å². The van der Waals surface area contributed by atoms with E-state index in [1.54, 1.807) is 13.8 Å². The molecule has 0 aliphatic carbocycles. The third-order valence-corrected chi connectivity index (χ3v) is 3.22. The fraction of sp³-hybridized carbons (Fsp3) is 0.571. The molecule has 0 atom stereocenters. The first-order valence-electron chi connectivity index (χ1n) is 6.23. The number of hydrogen-bond acceptors (Lipinski definition) is 2. The van der Waals surface area contributed by atoms with Gasteiger partial charge in [-0.2, -0.15) is 0 Å². The minimum absolute atomic E-state index is 0.510. The maximum atomic E-state index is 13.6. The number of benzene rings is 1. The van der Waals surface area contributed by atoms with Crippen LogP contribution in [0.1, 0.15) is 25.0 Å². The van der Waals surface area contributed by atoms with Crippen molar-refractivity contribution >= 4 is 5.69 Å². The Morgan fingerprint density at radius 3 is 2.53 bits per heavy atom. The minimum atomic E-state index is -1.12. The molecule has 0 spiro atoms. The van der Waals surface area contributed by atoms with Gasteiger partial charge in [0, 0.05) is 25.3 Å². The fourth-order valence-electron chi connectivity index (χ4n) is 2.48. The van der Waals surface area contributed by atoms with E-state index in [2.05, 4.69) is 17.0 Å². The highest BCUT2D eigenvalue weighted by Gasteiger charge is 2.22. The van der Waals surface area contributed by atoms with Gasteiger partial charge < -0.3 is 5.73 Å². The molecule has 0 fully saturated rings. The molecule has 94 valence electrons. The first-order chi connectivity index (χ1) is 7.94. The molecule has 2 N–H and O–H groups in total. The number of nitrogens with two attached hydrogens (primary N) is 1. The summed E-state index contributed by atoms with van der Waals surface area (Å²) in [6.07, 6.45) is 1.96. The summed E-state index contributed by atoms with van der Waals surface area (Å²) in [5.74, 6) is 0. The van der Waals surface area contributed by atoms with E-state index < -0.39 is 5.67 Å². The quantitative estimate of drug-likeness (QED) is 0.799. The van der Waals surface area contributed by atoms with Crippen LogP contribution >= 0.6 is 0 Å². The molecule has 1 aromatic carbocycles. The summed E-state index contributed by atoms with van der Waals surface area (Å²) in [5, 5.41) is 0. The Labute approximate surface area is 103 Å². The molecule has 0 saturated carbocycles. The normalized spacial score (nSPS) is 17.6. The molecule has 2 nitrogen and oxygen atoms in total. The molecule has 0 bridgehead atoms. The van der Waals surface area contributed by atoms with Gasteiger partial charge in [-0.1, -0.05) is 6.07 Å².